The van der Waals surface area contributed by atoms with Gasteiger partial charge in [0.05, 0.1) is 134 Å². The van der Waals surface area contributed by atoms with Crippen molar-refractivity contribution < 1.29 is 106 Å². The zero-order valence-electron chi connectivity index (χ0n) is 52.8. The van der Waals surface area contributed by atoms with Crippen molar-refractivity contribution in [2.45, 2.75) is 60.4 Å². The van der Waals surface area contributed by atoms with Crippen LogP contribution in [0, 0.1) is 0 Å². The van der Waals surface area contributed by atoms with Crippen molar-refractivity contribution in [3.63, 3.8) is 0 Å². The molecule has 0 N–H and O–H groups in total. The third-order valence-corrected chi connectivity index (χ3v) is 17.9. The van der Waals surface area contributed by atoms with Gasteiger partial charge in [0, 0.05) is 47.9 Å². The molecule has 0 aromatic heterocycles. The number of carbonyl (C=O) groups excluding carboxylic acids is 3. The molecule has 2 aliphatic heterocycles. The van der Waals surface area contributed by atoms with Crippen LogP contribution in [-0.2, 0) is 69.8 Å². The third kappa shape index (κ3) is 17.5. The van der Waals surface area contributed by atoms with E-state index < -0.39 is 51.2 Å². The van der Waals surface area contributed by atoms with Crippen LogP contribution in [0.15, 0.2) is 119 Å². The minimum Gasteiger partial charge on any atom is -0.744 e. The maximum absolute atomic E-state index is 13.3. The second-order valence-electron chi connectivity index (χ2n) is 21.5. The first-order valence-corrected chi connectivity index (χ1v) is 31.3. The van der Waals surface area contributed by atoms with E-state index in [0.717, 1.165) is 33.4 Å². The van der Waals surface area contributed by atoms with Gasteiger partial charge in [-0.3, -0.25) is 14.4 Å². The summed E-state index contributed by atoms with van der Waals surface area (Å²) in [4.78, 5) is 39.4. The van der Waals surface area contributed by atoms with Crippen LogP contribution in [0.5, 0.6) is 57.5 Å². The van der Waals surface area contributed by atoms with E-state index in [4.69, 9.17) is 56.8 Å². The number of esters is 2. The second-order valence-corrected chi connectivity index (χ2v) is 24.3. The molecular weight excluding hydrogens is 1210 g/mol. The number of nitrogens with zero attached hydrogens (tertiary/aromatic N) is 2. The van der Waals surface area contributed by atoms with Crippen LogP contribution in [0.2, 0.25) is 0 Å². The van der Waals surface area contributed by atoms with Crippen LogP contribution in [0.1, 0.15) is 58.3 Å². The molecule has 0 fully saturated rings. The lowest BCUT2D eigenvalue weighted by Crippen LogP contribution is -2.53. The van der Waals surface area contributed by atoms with Crippen LogP contribution >= 0.6 is 0 Å². The fourth-order valence-corrected chi connectivity index (χ4v) is 12.3. The quantitative estimate of drug-likeness (QED) is 0.0286. The van der Waals surface area contributed by atoms with Crippen molar-refractivity contribution in [3.05, 3.63) is 143 Å². The van der Waals surface area contributed by atoms with E-state index in [2.05, 4.69) is 14.1 Å². The smallest absolute Gasteiger partial charge is 0.311 e. The van der Waals surface area contributed by atoms with Crippen molar-refractivity contribution >= 4 is 38.0 Å². The van der Waals surface area contributed by atoms with Crippen molar-refractivity contribution in [3.8, 4) is 57.5 Å². The first-order chi connectivity index (χ1) is 42.9. The van der Waals surface area contributed by atoms with E-state index in [1.54, 1.807) is 83.2 Å². The maximum Gasteiger partial charge on any atom is 0.311 e. The summed E-state index contributed by atoms with van der Waals surface area (Å²) < 4.78 is 131. The van der Waals surface area contributed by atoms with Gasteiger partial charge in [-0.25, -0.2) is 16.8 Å². The van der Waals surface area contributed by atoms with Crippen molar-refractivity contribution in [1.29, 1.82) is 0 Å². The van der Waals surface area contributed by atoms with Gasteiger partial charge >= 0.3 is 11.9 Å². The number of benzene rings is 6. The summed E-state index contributed by atoms with van der Waals surface area (Å²) in [6.45, 7) is 1.14. The van der Waals surface area contributed by atoms with Gasteiger partial charge in [0.15, 0.2) is 59.2 Å². The Kier molecular flexibility index (Phi) is 25.1. The third-order valence-electron chi connectivity index (χ3n) is 16.2. The number of rotatable bonds is 26. The summed E-state index contributed by atoms with van der Waals surface area (Å²) in [6.07, 6.45) is 2.56. The lowest BCUT2D eigenvalue weighted by molar-refractivity contribution is -0.940. The monoisotopic (exact) mass is 1290 g/mol. The lowest BCUT2D eigenvalue weighted by Gasteiger charge is -2.46. The largest absolute Gasteiger partial charge is 0.744 e. The van der Waals surface area contributed by atoms with E-state index in [0.29, 0.717) is 118 Å². The summed E-state index contributed by atoms with van der Waals surface area (Å²) in [7, 11) is 11.7. The molecule has 0 saturated heterocycles. The summed E-state index contributed by atoms with van der Waals surface area (Å²) in [5.74, 6) is 4.21. The number of quaternary nitrogens is 2. The molecule has 6 aromatic rings. The standard InChI is InChI=1S/C53H70N2O15.2C6H6O3S/c1-54(21-17-36-38(29-46(63-7)52(67-11)50(36)65-9)40(54)25-33-13-15-42(59-3)44(27-33)61-5)23-19-48(57)69-31-35(56)32-70-49(58)20-24-55(2)22-18-37-39(30-47(64-8)53(68-12)51(37)66-10)41(55)26-34-14-16-43(60-4)45(28-34)62-6;2*7-10(8,9)6-4-2-1-3-5-6/h13-16,27-30,40-41H,17-26,31-32H2,1-12H3;2*1-5H,(H,7,8,9)/q+2;;/p-2. The first-order valence-electron chi connectivity index (χ1n) is 28.5. The Morgan fingerprint density at radius 3 is 1.06 bits per heavy atom. The number of hydrogen-bond acceptors (Lipinski definition) is 21. The van der Waals surface area contributed by atoms with E-state index in [9.17, 15) is 40.3 Å². The van der Waals surface area contributed by atoms with Gasteiger partial charge in [-0.1, -0.05) is 48.5 Å². The molecule has 488 valence electrons. The zero-order chi connectivity index (χ0) is 66.0. The number of likely N-dealkylation sites (N-methyl/N-ethyl adjacent to an activating group) is 2. The minimum absolute atomic E-state index is 0.0421. The van der Waals surface area contributed by atoms with Gasteiger partial charge in [-0.15, -0.1) is 0 Å². The predicted octanol–water partition coefficient (Wildman–Crippen LogP) is 7.66. The van der Waals surface area contributed by atoms with Crippen LogP contribution in [0.25, 0.3) is 0 Å². The molecule has 2 heterocycles. The van der Waals surface area contributed by atoms with E-state index in [1.165, 1.54) is 48.5 Å². The number of ketones is 1. The maximum atomic E-state index is 13.3. The van der Waals surface area contributed by atoms with E-state index >= 15 is 0 Å². The Bertz CT molecular complexity index is 3430. The number of methoxy groups -OCH3 is 10. The topological polar surface area (TPSA) is 276 Å². The molecule has 0 aliphatic carbocycles. The summed E-state index contributed by atoms with van der Waals surface area (Å²) in [5.41, 5.74) is 6.06. The molecule has 25 heteroatoms. The van der Waals surface area contributed by atoms with Gasteiger partial charge in [0.1, 0.15) is 32.3 Å². The summed E-state index contributed by atoms with van der Waals surface area (Å²) in [6, 6.07) is 29.8. The highest BCUT2D eigenvalue weighted by molar-refractivity contribution is 7.86. The average molecular weight is 1290 g/mol. The summed E-state index contributed by atoms with van der Waals surface area (Å²) >= 11 is 0. The minimum atomic E-state index is -4.25. The van der Waals surface area contributed by atoms with Crippen molar-refractivity contribution in [2.75, 3.05) is 125 Å². The molecule has 0 saturated carbocycles. The van der Waals surface area contributed by atoms with E-state index in [-0.39, 0.29) is 34.7 Å². The fraction of sp³-hybridized carbons (Fsp3) is 0.400. The Hall–Kier alpha value is -8.33. The van der Waals surface area contributed by atoms with Crippen LogP contribution in [0.4, 0.5) is 0 Å². The Morgan fingerprint density at radius 1 is 0.433 bits per heavy atom. The number of Topliss-reactive ketones (excluding diaryl/α,β-unsaturated/α-hetero) is 1. The Balaban J connectivity index is 0.000000543. The Morgan fingerprint density at radius 2 is 0.767 bits per heavy atom. The summed E-state index contributed by atoms with van der Waals surface area (Å²) in [5, 5.41) is 0. The van der Waals surface area contributed by atoms with Crippen LogP contribution in [-0.4, -0.2) is 177 Å². The highest BCUT2D eigenvalue weighted by Gasteiger charge is 2.44. The van der Waals surface area contributed by atoms with E-state index in [1.807, 2.05) is 48.5 Å². The number of hydrogen-bond donors (Lipinski definition) is 0. The molecular formula is C65H80N2O21S2. The van der Waals surface area contributed by atoms with Crippen molar-refractivity contribution in [2.24, 2.45) is 0 Å². The molecule has 23 nitrogen and oxygen atoms in total. The Labute approximate surface area is 526 Å². The van der Waals surface area contributed by atoms with Gasteiger partial charge < -0.3 is 74.9 Å². The molecule has 4 unspecified atom stereocenters. The molecule has 0 amide bonds. The first kappa shape index (κ1) is 70.8. The fourth-order valence-electron chi connectivity index (χ4n) is 11.3. The molecule has 4 atom stereocenters. The number of fused-ring (bicyclic) bond motifs is 2. The van der Waals surface area contributed by atoms with Gasteiger partial charge in [0.2, 0.25) is 17.3 Å². The van der Waals surface area contributed by atoms with Gasteiger partial charge in [-0.2, -0.15) is 0 Å². The predicted molar refractivity (Wildman–Crippen MR) is 328 cm³/mol. The molecule has 90 heavy (non-hydrogen) atoms. The second kappa shape index (κ2) is 31.9. The highest BCUT2D eigenvalue weighted by atomic mass is 32.2. The molecule has 0 spiro atoms. The average Bonchev–Trinajstić information content (AvgIpc) is 0.762. The highest BCUT2D eigenvalue weighted by Crippen LogP contribution is 2.51. The van der Waals surface area contributed by atoms with Crippen LogP contribution < -0.4 is 47.4 Å². The normalized spacial score (nSPS) is 17.4. The number of ether oxygens (including phenoxy) is 12. The molecule has 6 aromatic carbocycles. The lowest BCUT2D eigenvalue weighted by atomic mass is 9.85. The molecule has 2 aliphatic rings. The van der Waals surface area contributed by atoms with Crippen LogP contribution in [0.3, 0.4) is 0 Å². The number of carbonyl (C=O) groups is 3. The van der Waals surface area contributed by atoms with Gasteiger partial charge in [-0.05, 0) is 71.8 Å². The van der Waals surface area contributed by atoms with Crippen molar-refractivity contribution in [1.82, 2.24) is 0 Å². The molecule has 0 radical (unpaired) electrons. The zero-order valence-corrected chi connectivity index (χ0v) is 54.4. The molecule has 0 bridgehead atoms. The van der Waals surface area contributed by atoms with Gasteiger partial charge in [0.25, 0.3) is 0 Å². The SMILES string of the molecule is COc1ccc(CC2c3cc(OC)c(OC)c(OC)c3CC[N+]2(C)CCC(=O)OCC(=O)COC(=O)CC[N+]2(C)CCc3c(cc(OC)c(OC)c3OC)C2Cc2ccc(OC)c(OC)c2)cc1OC.O=S(=O)([O-])c1ccccc1.O=S(=O)([O-])c1ccccc1. The molecule has 8 rings (SSSR count).